The van der Waals surface area contributed by atoms with Gasteiger partial charge in [0.25, 0.3) is 0 Å². The smallest absolute Gasteiger partial charge is 0.00576 e. The highest BCUT2D eigenvalue weighted by Gasteiger charge is 2.17. The molecule has 22 heavy (non-hydrogen) atoms. The normalized spacial score (nSPS) is 13.1. The van der Waals surface area contributed by atoms with Crippen LogP contribution >= 0.6 is 0 Å². The second kappa shape index (κ2) is 6.96. The molecule has 0 spiro atoms. The monoisotopic (exact) mass is 290 g/mol. The van der Waals surface area contributed by atoms with E-state index >= 15 is 0 Å². The van der Waals surface area contributed by atoms with Gasteiger partial charge in [0.15, 0.2) is 0 Å². The minimum atomic E-state index is 1.15. The molecule has 0 bridgehead atoms. The molecule has 0 aliphatic heterocycles. The van der Waals surface area contributed by atoms with Gasteiger partial charge in [-0.25, -0.2) is 0 Å². The summed E-state index contributed by atoms with van der Waals surface area (Å²) < 4.78 is 0. The van der Waals surface area contributed by atoms with Crippen molar-refractivity contribution in [2.75, 3.05) is 0 Å². The lowest BCUT2D eigenvalue weighted by Gasteiger charge is -2.12. The first-order valence-corrected chi connectivity index (χ1v) is 8.73. The van der Waals surface area contributed by atoms with E-state index in [0.717, 1.165) is 12.8 Å². The van der Waals surface area contributed by atoms with Gasteiger partial charge in [0.1, 0.15) is 0 Å². The summed E-state index contributed by atoms with van der Waals surface area (Å²) in [6.45, 7) is 4.53. The summed E-state index contributed by atoms with van der Waals surface area (Å²) in [4.78, 5) is 0. The summed E-state index contributed by atoms with van der Waals surface area (Å²) in [5.74, 6) is 0. The van der Waals surface area contributed by atoms with E-state index in [2.05, 4.69) is 62.4 Å². The minimum Gasteiger partial charge on any atom is -0.0654 e. The summed E-state index contributed by atoms with van der Waals surface area (Å²) in [5.41, 5.74) is 8.92. The van der Waals surface area contributed by atoms with Crippen LogP contribution in [0.25, 0.3) is 17.2 Å². The van der Waals surface area contributed by atoms with E-state index < -0.39 is 0 Å². The number of hydrogen-bond donors (Lipinski definition) is 0. The zero-order valence-electron chi connectivity index (χ0n) is 13.9. The summed E-state index contributed by atoms with van der Waals surface area (Å²) in [6, 6.07) is 15.7. The first-order valence-electron chi connectivity index (χ1n) is 8.73. The van der Waals surface area contributed by atoms with Gasteiger partial charge in [-0.2, -0.15) is 0 Å². The third kappa shape index (κ3) is 3.02. The van der Waals surface area contributed by atoms with Gasteiger partial charge in [-0.15, -0.1) is 0 Å². The van der Waals surface area contributed by atoms with Gasteiger partial charge in [0.05, 0.1) is 0 Å². The van der Waals surface area contributed by atoms with Gasteiger partial charge >= 0.3 is 0 Å². The number of allylic oxidation sites excluding steroid dienone is 1. The zero-order chi connectivity index (χ0) is 15.4. The average molecular weight is 290 g/mol. The van der Waals surface area contributed by atoms with Crippen LogP contribution < -0.4 is 0 Å². The molecular formula is C22H26. The highest BCUT2D eigenvalue weighted by molar-refractivity contribution is 5.82. The maximum atomic E-state index is 2.46. The molecule has 0 saturated carbocycles. The van der Waals surface area contributed by atoms with E-state index in [1.807, 2.05) is 0 Å². The summed E-state index contributed by atoms with van der Waals surface area (Å²) in [6.07, 6.45) is 9.81. The topological polar surface area (TPSA) is 0 Å². The predicted octanol–water partition coefficient (Wildman–Crippen LogP) is 6.44. The van der Waals surface area contributed by atoms with Crippen LogP contribution in [0.3, 0.4) is 0 Å². The van der Waals surface area contributed by atoms with Gasteiger partial charge in [-0.05, 0) is 53.5 Å². The number of aryl methyl sites for hydroxylation is 1. The largest absolute Gasteiger partial charge is 0.0654 e. The van der Waals surface area contributed by atoms with Crippen LogP contribution in [0.1, 0.15) is 56.2 Å². The molecule has 2 aromatic carbocycles. The highest BCUT2D eigenvalue weighted by Crippen LogP contribution is 2.36. The number of hydrogen-bond acceptors (Lipinski definition) is 0. The average Bonchev–Trinajstić information content (AvgIpc) is 2.97. The number of benzene rings is 2. The zero-order valence-corrected chi connectivity index (χ0v) is 13.9. The molecule has 114 valence electrons. The summed E-state index contributed by atoms with van der Waals surface area (Å²) in [7, 11) is 0. The summed E-state index contributed by atoms with van der Waals surface area (Å²) >= 11 is 0. The molecule has 0 heteroatoms. The Hall–Kier alpha value is -1.82. The lowest BCUT2D eigenvalue weighted by molar-refractivity contribution is 0.779. The van der Waals surface area contributed by atoms with E-state index in [0.29, 0.717) is 0 Å². The first kappa shape index (κ1) is 15.1. The molecule has 0 saturated heterocycles. The lowest BCUT2D eigenvalue weighted by Crippen LogP contribution is -1.92. The Labute approximate surface area is 134 Å². The molecular weight excluding hydrogens is 264 g/mol. The summed E-state index contributed by atoms with van der Waals surface area (Å²) in [5, 5.41) is 0. The van der Waals surface area contributed by atoms with Crippen molar-refractivity contribution in [3.63, 3.8) is 0 Å². The molecule has 0 aromatic heterocycles. The first-order chi connectivity index (χ1) is 10.8. The molecule has 0 radical (unpaired) electrons. The Morgan fingerprint density at radius 2 is 1.64 bits per heavy atom. The molecule has 0 atom stereocenters. The van der Waals surface area contributed by atoms with Gasteiger partial charge in [0.2, 0.25) is 0 Å². The molecule has 0 fully saturated rings. The van der Waals surface area contributed by atoms with Gasteiger partial charge < -0.3 is 0 Å². The number of unbranched alkanes of at least 4 members (excludes halogenated alkanes) is 1. The molecule has 1 aliphatic rings. The molecule has 1 aliphatic carbocycles. The molecule has 2 aromatic rings. The number of rotatable bonds is 6. The second-order valence-electron chi connectivity index (χ2n) is 6.37. The fraction of sp³-hybridized carbons (Fsp3) is 0.364. The Morgan fingerprint density at radius 1 is 0.818 bits per heavy atom. The van der Waals surface area contributed by atoms with Crippen molar-refractivity contribution in [3.05, 3.63) is 64.7 Å². The van der Waals surface area contributed by atoms with Crippen molar-refractivity contribution < 1.29 is 0 Å². The van der Waals surface area contributed by atoms with E-state index in [1.165, 1.54) is 53.5 Å². The van der Waals surface area contributed by atoms with Crippen LogP contribution in [-0.4, -0.2) is 0 Å². The third-order valence-corrected chi connectivity index (χ3v) is 4.64. The van der Waals surface area contributed by atoms with Crippen LogP contribution in [0.15, 0.2) is 48.0 Å². The van der Waals surface area contributed by atoms with Crippen molar-refractivity contribution in [3.8, 4) is 11.1 Å². The number of fused-ring (bicyclic) bond motifs is 1. The van der Waals surface area contributed by atoms with E-state index in [1.54, 1.807) is 5.57 Å². The van der Waals surface area contributed by atoms with E-state index in [9.17, 15) is 0 Å². The molecule has 0 heterocycles. The standard InChI is InChI=1S/C22H26/c1-3-5-10-17-15-19-12-8-14-21(22(19)16-17)20-13-7-6-11-18(20)9-4-2/h6-8,11-14,16H,3-5,9-10,15H2,1-2H3. The predicted molar refractivity (Wildman–Crippen MR) is 97.1 cm³/mol. The van der Waals surface area contributed by atoms with E-state index in [4.69, 9.17) is 0 Å². The van der Waals surface area contributed by atoms with Crippen molar-refractivity contribution in [1.82, 2.24) is 0 Å². The lowest BCUT2D eigenvalue weighted by atomic mass is 9.92. The maximum Gasteiger partial charge on any atom is -0.00576 e. The van der Waals surface area contributed by atoms with Crippen LogP contribution in [0.2, 0.25) is 0 Å². The highest BCUT2D eigenvalue weighted by atomic mass is 14.2. The SMILES string of the molecule is CCCCC1=Cc2c(cccc2-c2ccccc2CCC)C1. The quantitative estimate of drug-likeness (QED) is 0.574. The van der Waals surface area contributed by atoms with Crippen molar-refractivity contribution in [2.45, 2.75) is 52.4 Å². The fourth-order valence-corrected chi connectivity index (χ4v) is 3.51. The van der Waals surface area contributed by atoms with Gasteiger partial charge in [-0.1, -0.05) is 80.8 Å². The van der Waals surface area contributed by atoms with Gasteiger partial charge in [-0.3, -0.25) is 0 Å². The van der Waals surface area contributed by atoms with Crippen molar-refractivity contribution in [2.24, 2.45) is 0 Å². The third-order valence-electron chi connectivity index (χ3n) is 4.64. The minimum absolute atomic E-state index is 1.15. The van der Waals surface area contributed by atoms with Crippen LogP contribution in [0.4, 0.5) is 0 Å². The van der Waals surface area contributed by atoms with Crippen LogP contribution in [-0.2, 0) is 12.8 Å². The molecule has 0 nitrogen and oxygen atoms in total. The van der Waals surface area contributed by atoms with Crippen molar-refractivity contribution >= 4 is 6.08 Å². The van der Waals surface area contributed by atoms with Crippen LogP contribution in [0.5, 0.6) is 0 Å². The Kier molecular flexibility index (Phi) is 4.77. The Balaban J connectivity index is 2.01. The Bertz CT molecular complexity index is 676. The molecule has 0 N–H and O–H groups in total. The Morgan fingerprint density at radius 3 is 2.45 bits per heavy atom. The van der Waals surface area contributed by atoms with Gasteiger partial charge in [0, 0.05) is 0 Å². The molecule has 0 amide bonds. The second-order valence-corrected chi connectivity index (χ2v) is 6.37. The fourth-order valence-electron chi connectivity index (χ4n) is 3.51. The molecule has 3 rings (SSSR count). The van der Waals surface area contributed by atoms with Crippen LogP contribution in [0, 0.1) is 0 Å². The van der Waals surface area contributed by atoms with E-state index in [-0.39, 0.29) is 0 Å². The molecule has 0 unspecified atom stereocenters. The maximum absolute atomic E-state index is 2.46. The van der Waals surface area contributed by atoms with Crippen molar-refractivity contribution in [1.29, 1.82) is 0 Å².